The van der Waals surface area contributed by atoms with E-state index in [1.807, 2.05) is 0 Å². The van der Waals surface area contributed by atoms with E-state index < -0.39 is 8.67 Å². The summed E-state index contributed by atoms with van der Waals surface area (Å²) < 4.78 is -2.30. The van der Waals surface area contributed by atoms with E-state index in [-0.39, 0.29) is 0 Å². The molecular formula is C22H40Cl4O2. The molecule has 0 aromatic rings. The molecule has 0 bridgehead atoms. The third-order valence-electron chi connectivity index (χ3n) is 4.57. The van der Waals surface area contributed by atoms with E-state index in [9.17, 15) is 9.59 Å². The highest BCUT2D eigenvalue weighted by atomic mass is 35.5. The minimum atomic E-state index is -1.15. The lowest BCUT2D eigenvalue weighted by atomic mass is 10.1. The quantitative estimate of drug-likeness (QED) is 0.112. The van der Waals surface area contributed by atoms with Gasteiger partial charge in [0, 0.05) is 0 Å². The van der Waals surface area contributed by atoms with Crippen molar-refractivity contribution in [2.24, 2.45) is 0 Å². The molecule has 0 saturated carbocycles. The molecule has 6 heteroatoms. The van der Waals surface area contributed by atoms with Crippen molar-refractivity contribution in [1.29, 1.82) is 0 Å². The molecule has 2 nitrogen and oxygen atoms in total. The zero-order chi connectivity index (χ0) is 21.7. The molecule has 168 valence electrons. The van der Waals surface area contributed by atoms with Crippen molar-refractivity contribution in [2.75, 3.05) is 0 Å². The Hall–Kier alpha value is 0.500. The van der Waals surface area contributed by atoms with Crippen LogP contribution in [0.2, 0.25) is 0 Å². The van der Waals surface area contributed by atoms with Gasteiger partial charge in [-0.05, 0) is 12.8 Å². The first kappa shape index (κ1) is 30.7. The van der Waals surface area contributed by atoms with E-state index in [1.54, 1.807) is 0 Å². The Morgan fingerprint density at radius 3 is 1.04 bits per heavy atom. The molecule has 0 heterocycles. The van der Waals surface area contributed by atoms with Gasteiger partial charge in [-0.25, -0.2) is 0 Å². The van der Waals surface area contributed by atoms with E-state index in [2.05, 4.69) is 13.8 Å². The number of alkyl halides is 4. The average Bonchev–Trinajstić information content (AvgIpc) is 2.67. The highest BCUT2D eigenvalue weighted by Crippen LogP contribution is 2.26. The van der Waals surface area contributed by atoms with Gasteiger partial charge in [-0.15, -0.1) is 0 Å². The third-order valence-corrected chi connectivity index (χ3v) is 5.68. The number of carbonyl (C=O) groups excluding carboxylic acids is 2. The lowest BCUT2D eigenvalue weighted by molar-refractivity contribution is -0.109. The Labute approximate surface area is 193 Å². The van der Waals surface area contributed by atoms with Crippen LogP contribution in [0.1, 0.15) is 117 Å². The van der Waals surface area contributed by atoms with Crippen LogP contribution >= 0.6 is 46.4 Å². The second kappa shape index (κ2) is 20.8. The predicted octanol–water partition coefficient (Wildman–Crippen LogP) is 9.00. The van der Waals surface area contributed by atoms with E-state index in [0.29, 0.717) is 25.4 Å². The van der Waals surface area contributed by atoms with Gasteiger partial charge in [0.05, 0.1) is 0 Å². The Morgan fingerprint density at radius 2 is 0.750 bits per heavy atom. The summed E-state index contributed by atoms with van der Waals surface area (Å²) in [6, 6.07) is 0. The van der Waals surface area contributed by atoms with Crippen LogP contribution in [0.4, 0.5) is 0 Å². The van der Waals surface area contributed by atoms with Gasteiger partial charge in [0.2, 0.25) is 0 Å². The highest BCUT2D eigenvalue weighted by molar-refractivity contribution is 6.56. The van der Waals surface area contributed by atoms with Crippen molar-refractivity contribution in [3.8, 4) is 0 Å². The van der Waals surface area contributed by atoms with Crippen molar-refractivity contribution in [3.05, 3.63) is 0 Å². The molecule has 0 rings (SSSR count). The first-order chi connectivity index (χ1) is 13.2. The summed E-state index contributed by atoms with van der Waals surface area (Å²) in [5.41, 5.74) is 0. The van der Waals surface area contributed by atoms with Crippen LogP contribution in [-0.2, 0) is 9.59 Å². The lowest BCUT2D eigenvalue weighted by Crippen LogP contribution is -2.13. The van der Waals surface area contributed by atoms with Crippen LogP contribution in [0.3, 0.4) is 0 Å². The summed E-state index contributed by atoms with van der Waals surface area (Å²) in [5, 5.41) is 0. The number of aldehydes is 2. The van der Waals surface area contributed by atoms with Gasteiger partial charge in [0.25, 0.3) is 0 Å². The van der Waals surface area contributed by atoms with Crippen molar-refractivity contribution in [3.63, 3.8) is 0 Å². The second-order valence-corrected chi connectivity index (χ2v) is 10.6. The van der Waals surface area contributed by atoms with Gasteiger partial charge in [-0.1, -0.05) is 150 Å². The molecule has 0 aliphatic carbocycles. The van der Waals surface area contributed by atoms with Crippen molar-refractivity contribution >= 4 is 59.0 Å². The van der Waals surface area contributed by atoms with Gasteiger partial charge >= 0.3 is 0 Å². The summed E-state index contributed by atoms with van der Waals surface area (Å²) in [5.74, 6) is 0. The topological polar surface area (TPSA) is 34.1 Å². The maximum absolute atomic E-state index is 10.5. The van der Waals surface area contributed by atoms with Crippen LogP contribution < -0.4 is 0 Å². The van der Waals surface area contributed by atoms with Gasteiger partial charge in [0.1, 0.15) is 0 Å². The smallest absolute Gasteiger partial charge is 0.172 e. The molecule has 0 aliphatic heterocycles. The van der Waals surface area contributed by atoms with Crippen LogP contribution in [-0.4, -0.2) is 21.2 Å². The van der Waals surface area contributed by atoms with Crippen LogP contribution in [0, 0.1) is 0 Å². The molecule has 0 radical (unpaired) electrons. The van der Waals surface area contributed by atoms with Gasteiger partial charge in [-0.2, -0.15) is 0 Å². The summed E-state index contributed by atoms with van der Waals surface area (Å²) in [4.78, 5) is 20.7. The number of hydrogen-bond acceptors (Lipinski definition) is 2. The first-order valence-electron chi connectivity index (χ1n) is 10.9. The van der Waals surface area contributed by atoms with Crippen molar-refractivity contribution in [2.45, 2.75) is 125 Å². The molecule has 0 fully saturated rings. The number of carbonyl (C=O) groups is 2. The summed E-state index contributed by atoms with van der Waals surface area (Å²) in [7, 11) is 0. The fourth-order valence-corrected chi connectivity index (χ4v) is 3.29. The number of rotatable bonds is 18. The maximum atomic E-state index is 10.5. The largest absolute Gasteiger partial charge is 0.300 e. The van der Waals surface area contributed by atoms with E-state index >= 15 is 0 Å². The van der Waals surface area contributed by atoms with Crippen LogP contribution in [0.25, 0.3) is 0 Å². The Morgan fingerprint density at radius 1 is 0.500 bits per heavy atom. The fraction of sp³-hybridized carbons (Fsp3) is 0.909. The highest BCUT2D eigenvalue weighted by Gasteiger charge is 2.22. The van der Waals surface area contributed by atoms with E-state index in [1.165, 1.54) is 64.2 Å². The van der Waals surface area contributed by atoms with E-state index in [0.717, 1.165) is 25.7 Å². The van der Waals surface area contributed by atoms with Crippen molar-refractivity contribution in [1.82, 2.24) is 0 Å². The first-order valence-corrected chi connectivity index (χ1v) is 12.4. The predicted molar refractivity (Wildman–Crippen MR) is 126 cm³/mol. The normalized spacial score (nSPS) is 11.6. The third kappa shape index (κ3) is 24.5. The molecule has 28 heavy (non-hydrogen) atoms. The monoisotopic (exact) mass is 476 g/mol. The molecule has 0 aliphatic rings. The van der Waals surface area contributed by atoms with Crippen molar-refractivity contribution < 1.29 is 9.59 Å². The minimum absolute atomic E-state index is 0.569. The summed E-state index contributed by atoms with van der Waals surface area (Å²) >= 11 is 22.7. The SMILES string of the molecule is CCCCCCC(Cl)(Cl)C=O.CCCCCCCCCCCCC(Cl)(Cl)C=O. The standard InChI is InChI=1S/C14H26Cl2O.C8H14Cl2O/c1-2-3-4-5-6-7-8-9-10-11-12-14(15,16)13-17;1-2-3-4-5-6-8(9,10)7-11/h13H,2-12H2,1H3;7H,2-6H2,1H3. The van der Waals surface area contributed by atoms with Gasteiger partial charge in [0.15, 0.2) is 21.2 Å². The number of unbranched alkanes of at least 4 members (excludes halogenated alkanes) is 12. The Kier molecular flexibility index (Phi) is 22.8. The molecule has 0 aromatic heterocycles. The average molecular weight is 478 g/mol. The molecular weight excluding hydrogens is 438 g/mol. The maximum Gasteiger partial charge on any atom is 0.172 e. The zero-order valence-corrected chi connectivity index (χ0v) is 20.8. The molecule has 0 N–H and O–H groups in total. The number of hydrogen-bond donors (Lipinski definition) is 0. The molecule has 0 aromatic carbocycles. The summed E-state index contributed by atoms with van der Waals surface area (Å²) in [6.07, 6.45) is 19.5. The van der Waals surface area contributed by atoms with Gasteiger partial charge in [-0.3, -0.25) is 0 Å². The Balaban J connectivity index is 0. The fourth-order valence-electron chi connectivity index (χ4n) is 2.75. The molecule has 0 unspecified atom stereocenters. The van der Waals surface area contributed by atoms with Crippen LogP contribution in [0.15, 0.2) is 0 Å². The zero-order valence-electron chi connectivity index (χ0n) is 17.8. The summed E-state index contributed by atoms with van der Waals surface area (Å²) in [6.45, 7) is 4.38. The van der Waals surface area contributed by atoms with E-state index in [4.69, 9.17) is 46.4 Å². The Bertz CT molecular complexity index is 360. The van der Waals surface area contributed by atoms with Crippen LogP contribution in [0.5, 0.6) is 0 Å². The molecule has 0 spiro atoms. The lowest BCUT2D eigenvalue weighted by Gasteiger charge is -2.10. The van der Waals surface area contributed by atoms with Gasteiger partial charge < -0.3 is 9.59 Å². The number of halogens is 4. The molecule has 0 saturated heterocycles. The molecule has 0 amide bonds. The minimum Gasteiger partial charge on any atom is -0.300 e. The second-order valence-electron chi connectivity index (χ2n) is 7.50. The molecule has 0 atom stereocenters.